The van der Waals surface area contributed by atoms with E-state index in [1.54, 1.807) is 56.3 Å². The first kappa shape index (κ1) is 25.8. The second kappa shape index (κ2) is 12.1. The van der Waals surface area contributed by atoms with Crippen LogP contribution in [0, 0.1) is 6.92 Å². The van der Waals surface area contributed by atoms with Gasteiger partial charge in [0.2, 0.25) is 0 Å². The van der Waals surface area contributed by atoms with Gasteiger partial charge >= 0.3 is 12.0 Å². The normalized spacial score (nSPS) is 14.7. The molecule has 0 spiro atoms. The van der Waals surface area contributed by atoms with Gasteiger partial charge in [-0.05, 0) is 49.2 Å². The molecule has 1 aliphatic heterocycles. The fourth-order valence-electron chi connectivity index (χ4n) is 3.32. The highest BCUT2D eigenvalue weighted by Gasteiger charge is 2.37. The summed E-state index contributed by atoms with van der Waals surface area (Å²) in [6.45, 7) is 4.22. The number of thioether (sulfide) groups is 1. The number of hydrogen-bond acceptors (Lipinski definition) is 8. The number of benzene rings is 2. The van der Waals surface area contributed by atoms with Crippen molar-refractivity contribution in [3.8, 4) is 11.5 Å². The van der Waals surface area contributed by atoms with Gasteiger partial charge in [0.15, 0.2) is 11.5 Å². The zero-order chi connectivity index (χ0) is 25.4. The van der Waals surface area contributed by atoms with Crippen LogP contribution in [0.5, 0.6) is 11.5 Å². The molecule has 1 fully saturated rings. The molecule has 0 saturated carbocycles. The molecule has 3 rings (SSSR count). The summed E-state index contributed by atoms with van der Waals surface area (Å²) in [5.41, 5.74) is 1.45. The Bertz CT molecular complexity index is 1160. The number of imide groups is 2. The first-order valence-corrected chi connectivity index (χ1v) is 12.0. The molecule has 0 radical (unpaired) electrons. The molecule has 0 bridgehead atoms. The number of barbiturate groups is 1. The van der Waals surface area contributed by atoms with Crippen LogP contribution in [0.4, 0.5) is 10.5 Å². The van der Waals surface area contributed by atoms with E-state index in [0.717, 1.165) is 4.90 Å². The molecule has 1 saturated heterocycles. The average Bonchev–Trinajstić information content (AvgIpc) is 2.83. The van der Waals surface area contributed by atoms with Crippen LogP contribution in [0.15, 0.2) is 48.0 Å². The van der Waals surface area contributed by atoms with Crippen LogP contribution in [-0.2, 0) is 19.1 Å². The number of para-hydroxylation sites is 1. The molecule has 35 heavy (non-hydrogen) atoms. The fourth-order valence-corrected chi connectivity index (χ4v) is 3.91. The highest BCUT2D eigenvalue weighted by molar-refractivity contribution is 7.99. The Hall–Kier alpha value is -3.79. The van der Waals surface area contributed by atoms with Gasteiger partial charge in [-0.15, -0.1) is 11.8 Å². The third-order valence-corrected chi connectivity index (χ3v) is 5.86. The number of nitrogens with zero attached hydrogens (tertiary/aromatic N) is 1. The molecule has 1 N–H and O–H groups in total. The van der Waals surface area contributed by atoms with Crippen LogP contribution in [0.25, 0.3) is 6.08 Å². The Kier molecular flexibility index (Phi) is 8.91. The molecule has 184 valence electrons. The third-order valence-electron chi connectivity index (χ3n) is 4.97. The Labute approximate surface area is 207 Å². The molecule has 0 atom stereocenters. The lowest BCUT2D eigenvalue weighted by molar-refractivity contribution is -0.139. The van der Waals surface area contributed by atoms with Crippen molar-refractivity contribution in [1.82, 2.24) is 5.32 Å². The maximum Gasteiger partial charge on any atom is 0.335 e. The van der Waals surface area contributed by atoms with E-state index in [1.807, 2.05) is 0 Å². The number of carbonyl (C=O) groups excluding carboxylic acids is 4. The van der Waals surface area contributed by atoms with E-state index < -0.39 is 17.8 Å². The number of urea groups is 1. The fraction of sp³-hybridized carbons (Fsp3) is 0.280. The topological polar surface area (TPSA) is 111 Å². The van der Waals surface area contributed by atoms with Crippen molar-refractivity contribution in [2.24, 2.45) is 0 Å². The minimum absolute atomic E-state index is 0.182. The molecule has 0 aromatic heterocycles. The number of nitrogens with one attached hydrogen (secondary N) is 1. The predicted molar refractivity (Wildman–Crippen MR) is 133 cm³/mol. The van der Waals surface area contributed by atoms with Crippen LogP contribution in [0.2, 0.25) is 0 Å². The van der Waals surface area contributed by atoms with Gasteiger partial charge in [0.25, 0.3) is 11.8 Å². The molecule has 0 aliphatic carbocycles. The van der Waals surface area contributed by atoms with E-state index >= 15 is 0 Å². The summed E-state index contributed by atoms with van der Waals surface area (Å²) in [6.07, 6.45) is 1.40. The van der Waals surface area contributed by atoms with Crippen molar-refractivity contribution < 1.29 is 33.4 Å². The SMILES string of the molecule is CCOC(=O)CSCCOc1ccc(C=C2C(=O)NC(=O)N(c3ccccc3C)C2=O)cc1OC. The largest absolute Gasteiger partial charge is 0.493 e. The standard InChI is InChI=1S/C25H26N2O7S/c1-4-33-22(28)15-35-12-11-34-20-10-9-17(14-21(20)32-3)13-18-23(29)26-25(31)27(24(18)30)19-8-6-5-7-16(19)2/h5-10,13-14H,4,11-12,15H2,1-3H3,(H,26,29,31). The summed E-state index contributed by atoms with van der Waals surface area (Å²) in [7, 11) is 1.48. The molecule has 0 unspecified atom stereocenters. The van der Waals surface area contributed by atoms with Gasteiger partial charge in [0.05, 0.1) is 31.8 Å². The number of aryl methyl sites for hydroxylation is 1. The molecule has 1 heterocycles. The average molecular weight is 499 g/mol. The Balaban J connectivity index is 1.74. The number of ether oxygens (including phenoxy) is 3. The van der Waals surface area contributed by atoms with E-state index in [4.69, 9.17) is 14.2 Å². The minimum Gasteiger partial charge on any atom is -0.493 e. The van der Waals surface area contributed by atoms with Crippen LogP contribution in [0.1, 0.15) is 18.1 Å². The van der Waals surface area contributed by atoms with E-state index in [1.165, 1.54) is 24.9 Å². The van der Waals surface area contributed by atoms with Gasteiger partial charge in [-0.25, -0.2) is 9.69 Å². The van der Waals surface area contributed by atoms with Crippen LogP contribution >= 0.6 is 11.8 Å². The lowest BCUT2D eigenvalue weighted by atomic mass is 10.1. The van der Waals surface area contributed by atoms with Crippen molar-refractivity contribution in [1.29, 1.82) is 0 Å². The summed E-state index contributed by atoms with van der Waals surface area (Å²) in [5, 5.41) is 2.22. The second-order valence-electron chi connectivity index (χ2n) is 7.36. The van der Waals surface area contributed by atoms with Gasteiger partial charge in [-0.1, -0.05) is 24.3 Å². The number of esters is 1. The summed E-state index contributed by atoms with van der Waals surface area (Å²) < 4.78 is 16.0. The van der Waals surface area contributed by atoms with E-state index in [2.05, 4.69) is 5.32 Å². The molecule has 2 aromatic rings. The van der Waals surface area contributed by atoms with Crippen molar-refractivity contribution in [3.63, 3.8) is 0 Å². The first-order chi connectivity index (χ1) is 16.8. The third kappa shape index (κ3) is 6.42. The first-order valence-electron chi connectivity index (χ1n) is 10.9. The lowest BCUT2D eigenvalue weighted by Crippen LogP contribution is -2.54. The zero-order valence-corrected chi connectivity index (χ0v) is 20.5. The summed E-state index contributed by atoms with van der Waals surface area (Å²) in [4.78, 5) is 50.3. The highest BCUT2D eigenvalue weighted by atomic mass is 32.2. The molecule has 1 aliphatic rings. The summed E-state index contributed by atoms with van der Waals surface area (Å²) in [6, 6.07) is 11.1. The van der Waals surface area contributed by atoms with Crippen molar-refractivity contribution in [2.75, 3.05) is 36.7 Å². The van der Waals surface area contributed by atoms with Crippen LogP contribution < -0.4 is 19.7 Å². The van der Waals surface area contributed by atoms with Crippen LogP contribution in [-0.4, -0.2) is 55.6 Å². The van der Waals surface area contributed by atoms with E-state index in [-0.39, 0.29) is 17.3 Å². The maximum atomic E-state index is 13.1. The molecule has 10 heteroatoms. The summed E-state index contributed by atoms with van der Waals surface area (Å²) >= 11 is 1.40. The Morgan fingerprint density at radius 1 is 1.11 bits per heavy atom. The minimum atomic E-state index is -0.798. The molecular weight excluding hydrogens is 472 g/mol. The van der Waals surface area contributed by atoms with Gasteiger partial charge in [-0.3, -0.25) is 19.7 Å². The molecular formula is C25H26N2O7S. The van der Waals surface area contributed by atoms with Gasteiger partial charge in [0.1, 0.15) is 5.57 Å². The molecule has 9 nitrogen and oxygen atoms in total. The second-order valence-corrected chi connectivity index (χ2v) is 8.47. The number of amides is 4. The summed E-state index contributed by atoms with van der Waals surface area (Å²) in [5.74, 6) is -0.0533. The van der Waals surface area contributed by atoms with Gasteiger partial charge in [0, 0.05) is 5.75 Å². The Morgan fingerprint density at radius 2 is 1.89 bits per heavy atom. The maximum absolute atomic E-state index is 13.1. The Morgan fingerprint density at radius 3 is 2.60 bits per heavy atom. The van der Waals surface area contributed by atoms with Gasteiger partial charge in [-0.2, -0.15) is 0 Å². The lowest BCUT2D eigenvalue weighted by Gasteiger charge is -2.27. The number of hydrogen-bond donors (Lipinski definition) is 1. The number of methoxy groups -OCH3 is 1. The van der Waals surface area contributed by atoms with E-state index in [9.17, 15) is 19.2 Å². The monoisotopic (exact) mass is 498 g/mol. The molecule has 4 amide bonds. The van der Waals surface area contributed by atoms with Gasteiger partial charge < -0.3 is 14.2 Å². The van der Waals surface area contributed by atoms with Crippen molar-refractivity contribution in [2.45, 2.75) is 13.8 Å². The van der Waals surface area contributed by atoms with Crippen LogP contribution in [0.3, 0.4) is 0 Å². The number of anilines is 1. The predicted octanol–water partition coefficient (Wildman–Crippen LogP) is 3.35. The van der Waals surface area contributed by atoms with E-state index in [0.29, 0.717) is 47.3 Å². The van der Waals surface area contributed by atoms with Crippen molar-refractivity contribution in [3.05, 3.63) is 59.2 Å². The zero-order valence-electron chi connectivity index (χ0n) is 19.7. The smallest absolute Gasteiger partial charge is 0.335 e. The highest BCUT2D eigenvalue weighted by Crippen LogP contribution is 2.30. The quantitative estimate of drug-likeness (QED) is 0.230. The molecule has 2 aromatic carbocycles. The van der Waals surface area contributed by atoms with Crippen molar-refractivity contribution >= 4 is 47.3 Å². The number of rotatable bonds is 10. The number of carbonyl (C=O) groups is 4.